The molecule has 0 spiro atoms. The van der Waals surface area contributed by atoms with Crippen molar-refractivity contribution in [3.8, 4) is 17.2 Å². The second-order valence-corrected chi connectivity index (χ2v) is 7.84. The number of nitrogens with one attached hydrogen (secondary N) is 1. The summed E-state index contributed by atoms with van der Waals surface area (Å²) in [5.74, 6) is 1.73. The fourth-order valence-electron chi connectivity index (χ4n) is 3.64. The van der Waals surface area contributed by atoms with E-state index in [1.54, 1.807) is 25.1 Å². The minimum atomic E-state index is -0.665. The van der Waals surface area contributed by atoms with Crippen LogP contribution >= 0.6 is 11.6 Å². The van der Waals surface area contributed by atoms with Crippen LogP contribution in [0.15, 0.2) is 66.7 Å². The van der Waals surface area contributed by atoms with E-state index in [4.69, 9.17) is 21.1 Å². The summed E-state index contributed by atoms with van der Waals surface area (Å²) in [6.45, 7) is 1.75. The maximum Gasteiger partial charge on any atom is 0.265 e. The number of hydrogen-bond donors (Lipinski definition) is 1. The summed E-state index contributed by atoms with van der Waals surface area (Å²) in [7, 11) is 0. The summed E-state index contributed by atoms with van der Waals surface area (Å²) >= 11 is 6.15. The molecule has 0 fully saturated rings. The first-order valence-electron chi connectivity index (χ1n) is 10.2. The van der Waals surface area contributed by atoms with Crippen molar-refractivity contribution in [3.63, 3.8) is 0 Å². The number of benzene rings is 3. The van der Waals surface area contributed by atoms with Crippen LogP contribution in [-0.4, -0.2) is 12.0 Å². The van der Waals surface area contributed by atoms with Crippen LogP contribution in [0.4, 0.5) is 5.69 Å². The molecule has 1 aliphatic rings. The SMILES string of the molecule is C[C@H](Oc1cccc2c1CCCC2)C(=O)Nc1cc(Cl)ccc1Oc1ccccc1. The first-order valence-corrected chi connectivity index (χ1v) is 10.6. The van der Waals surface area contributed by atoms with Crippen LogP contribution in [0.3, 0.4) is 0 Å². The zero-order valence-corrected chi connectivity index (χ0v) is 17.6. The molecule has 3 aromatic carbocycles. The van der Waals surface area contributed by atoms with E-state index in [1.807, 2.05) is 42.5 Å². The molecule has 4 rings (SSSR count). The predicted octanol–water partition coefficient (Wildman–Crippen LogP) is 6.42. The summed E-state index contributed by atoms with van der Waals surface area (Å²) in [5, 5.41) is 3.41. The molecule has 4 nitrogen and oxygen atoms in total. The molecule has 0 aliphatic heterocycles. The fourth-order valence-corrected chi connectivity index (χ4v) is 3.81. The van der Waals surface area contributed by atoms with Gasteiger partial charge in [0.05, 0.1) is 5.69 Å². The molecule has 30 heavy (non-hydrogen) atoms. The van der Waals surface area contributed by atoms with Crippen molar-refractivity contribution in [2.24, 2.45) is 0 Å². The molecule has 0 aromatic heterocycles. The van der Waals surface area contributed by atoms with Crippen LogP contribution in [0.25, 0.3) is 0 Å². The first-order chi connectivity index (χ1) is 14.6. The van der Waals surface area contributed by atoms with E-state index in [0.29, 0.717) is 22.2 Å². The van der Waals surface area contributed by atoms with Gasteiger partial charge in [-0.15, -0.1) is 0 Å². The van der Waals surface area contributed by atoms with Gasteiger partial charge in [-0.3, -0.25) is 4.79 Å². The highest BCUT2D eigenvalue weighted by molar-refractivity contribution is 6.31. The van der Waals surface area contributed by atoms with Crippen molar-refractivity contribution in [1.29, 1.82) is 0 Å². The van der Waals surface area contributed by atoms with Gasteiger partial charge in [-0.25, -0.2) is 0 Å². The molecule has 0 unspecified atom stereocenters. The van der Waals surface area contributed by atoms with E-state index < -0.39 is 6.10 Å². The van der Waals surface area contributed by atoms with Gasteiger partial charge >= 0.3 is 0 Å². The smallest absolute Gasteiger partial charge is 0.265 e. The van der Waals surface area contributed by atoms with Gasteiger partial charge in [0.25, 0.3) is 5.91 Å². The Hall–Kier alpha value is -2.98. The number of carbonyl (C=O) groups excluding carboxylic acids is 1. The van der Waals surface area contributed by atoms with Gasteiger partial charge in [0.2, 0.25) is 0 Å². The van der Waals surface area contributed by atoms with Gasteiger partial charge in [0, 0.05) is 5.02 Å². The van der Waals surface area contributed by atoms with Crippen LogP contribution in [0.5, 0.6) is 17.2 Å². The third-order valence-electron chi connectivity index (χ3n) is 5.20. The number of carbonyl (C=O) groups is 1. The summed E-state index contributed by atoms with van der Waals surface area (Å²) < 4.78 is 12.0. The zero-order valence-electron chi connectivity index (χ0n) is 16.9. The molecule has 0 saturated heterocycles. The quantitative estimate of drug-likeness (QED) is 0.499. The lowest BCUT2D eigenvalue weighted by atomic mass is 9.91. The number of fused-ring (bicyclic) bond motifs is 1. The van der Waals surface area contributed by atoms with Gasteiger partial charge in [0.1, 0.15) is 11.5 Å². The van der Waals surface area contributed by atoms with Crippen molar-refractivity contribution in [1.82, 2.24) is 0 Å². The van der Waals surface area contributed by atoms with Crippen molar-refractivity contribution in [2.75, 3.05) is 5.32 Å². The minimum absolute atomic E-state index is 0.261. The zero-order chi connectivity index (χ0) is 20.9. The Bertz CT molecular complexity index is 1040. The lowest BCUT2D eigenvalue weighted by Gasteiger charge is -2.22. The van der Waals surface area contributed by atoms with Gasteiger partial charge in [-0.05, 0) is 80.1 Å². The van der Waals surface area contributed by atoms with Crippen molar-refractivity contribution < 1.29 is 14.3 Å². The number of anilines is 1. The van der Waals surface area contributed by atoms with Gasteiger partial charge in [-0.2, -0.15) is 0 Å². The number of ether oxygens (including phenoxy) is 2. The third-order valence-corrected chi connectivity index (χ3v) is 5.43. The molecule has 1 atom stereocenters. The first kappa shape index (κ1) is 20.3. The highest BCUT2D eigenvalue weighted by Gasteiger charge is 2.21. The van der Waals surface area contributed by atoms with Crippen molar-refractivity contribution in [2.45, 2.75) is 38.7 Å². The highest BCUT2D eigenvalue weighted by Crippen LogP contribution is 2.33. The highest BCUT2D eigenvalue weighted by atomic mass is 35.5. The van der Waals surface area contributed by atoms with Crippen LogP contribution < -0.4 is 14.8 Å². The molecule has 3 aromatic rings. The molecule has 0 saturated carbocycles. The molecule has 154 valence electrons. The molecule has 5 heteroatoms. The van der Waals surface area contributed by atoms with Gasteiger partial charge in [-0.1, -0.05) is 41.9 Å². The fraction of sp³-hybridized carbons (Fsp3) is 0.240. The van der Waals surface area contributed by atoms with Gasteiger partial charge < -0.3 is 14.8 Å². The Balaban J connectivity index is 1.49. The second kappa shape index (κ2) is 9.23. The number of amides is 1. The monoisotopic (exact) mass is 421 g/mol. The third kappa shape index (κ3) is 4.77. The van der Waals surface area contributed by atoms with E-state index in [0.717, 1.165) is 25.0 Å². The van der Waals surface area contributed by atoms with Gasteiger partial charge in [0.15, 0.2) is 11.9 Å². The Morgan fingerprint density at radius 2 is 1.77 bits per heavy atom. The number of rotatable bonds is 6. The summed E-state index contributed by atoms with van der Waals surface area (Å²) in [6, 6.07) is 20.6. The second-order valence-electron chi connectivity index (χ2n) is 7.41. The maximum atomic E-state index is 12.9. The van der Waals surface area contributed by atoms with Crippen molar-refractivity contribution in [3.05, 3.63) is 82.9 Å². The molecule has 0 bridgehead atoms. The van der Waals surface area contributed by atoms with E-state index in [1.165, 1.54) is 17.5 Å². The van der Waals surface area contributed by atoms with Crippen LogP contribution in [0, 0.1) is 0 Å². The Morgan fingerprint density at radius 3 is 2.60 bits per heavy atom. The predicted molar refractivity (Wildman–Crippen MR) is 120 cm³/mol. The minimum Gasteiger partial charge on any atom is -0.481 e. The molecule has 1 aliphatic carbocycles. The maximum absolute atomic E-state index is 12.9. The number of para-hydroxylation sites is 1. The molecule has 1 N–H and O–H groups in total. The Kier molecular flexibility index (Phi) is 6.24. The molecular weight excluding hydrogens is 398 g/mol. The average molecular weight is 422 g/mol. The van der Waals surface area contributed by atoms with Crippen LogP contribution in [-0.2, 0) is 17.6 Å². The van der Waals surface area contributed by atoms with E-state index >= 15 is 0 Å². The standard InChI is InChI=1S/C25H24ClNO3/c1-17(29-23-13-7-9-18-8-5-6-12-21(18)23)25(28)27-22-16-19(26)14-15-24(22)30-20-10-3-2-4-11-20/h2-4,7,9-11,13-17H,5-6,8,12H2,1H3,(H,27,28)/t17-/m0/s1. The number of aryl methyl sites for hydroxylation is 1. The topological polar surface area (TPSA) is 47.6 Å². The Labute approximate surface area is 181 Å². The average Bonchev–Trinajstić information content (AvgIpc) is 2.76. The molecule has 1 amide bonds. The summed E-state index contributed by atoms with van der Waals surface area (Å²) in [6.07, 6.45) is 3.74. The lowest BCUT2D eigenvalue weighted by Crippen LogP contribution is -2.30. The molecule has 0 heterocycles. The van der Waals surface area contributed by atoms with Crippen LogP contribution in [0.2, 0.25) is 5.02 Å². The molecular formula is C25H24ClNO3. The lowest BCUT2D eigenvalue weighted by molar-refractivity contribution is -0.122. The summed E-state index contributed by atoms with van der Waals surface area (Å²) in [5.41, 5.74) is 3.04. The normalized spacial score (nSPS) is 13.8. The number of hydrogen-bond acceptors (Lipinski definition) is 3. The Morgan fingerprint density at radius 1 is 0.967 bits per heavy atom. The number of halogens is 1. The molecule has 0 radical (unpaired) electrons. The summed E-state index contributed by atoms with van der Waals surface area (Å²) in [4.78, 5) is 12.9. The van der Waals surface area contributed by atoms with E-state index in [2.05, 4.69) is 11.4 Å². The van der Waals surface area contributed by atoms with Crippen molar-refractivity contribution >= 4 is 23.2 Å². The van der Waals surface area contributed by atoms with E-state index in [-0.39, 0.29) is 5.91 Å². The van der Waals surface area contributed by atoms with Crippen LogP contribution in [0.1, 0.15) is 30.9 Å². The largest absolute Gasteiger partial charge is 0.481 e. The van der Waals surface area contributed by atoms with E-state index in [9.17, 15) is 4.79 Å².